The molecule has 1 aromatic rings. The molecule has 0 amide bonds. The zero-order chi connectivity index (χ0) is 13.1. The van der Waals surface area contributed by atoms with E-state index in [1.165, 1.54) is 19.3 Å². The topological polar surface area (TPSA) is 47.1 Å². The van der Waals surface area contributed by atoms with E-state index in [1.807, 2.05) is 4.68 Å². The highest BCUT2D eigenvalue weighted by atomic mass is 35.5. The molecule has 2 N–H and O–H groups in total. The summed E-state index contributed by atoms with van der Waals surface area (Å²) in [6, 6.07) is 3.33. The molecule has 0 bridgehead atoms. The van der Waals surface area contributed by atoms with Crippen molar-refractivity contribution >= 4 is 12.4 Å². The molecule has 1 saturated heterocycles. The first-order valence-electron chi connectivity index (χ1n) is 7.11. The number of halogens is 1. The van der Waals surface area contributed by atoms with Crippen molar-refractivity contribution in [3.63, 3.8) is 0 Å². The van der Waals surface area contributed by atoms with Gasteiger partial charge in [-0.25, -0.2) is 0 Å². The lowest BCUT2D eigenvalue weighted by Crippen LogP contribution is -2.48. The number of nitrogens with two attached hydrogens (primary N) is 1. The fourth-order valence-electron chi connectivity index (χ4n) is 2.77. The fraction of sp³-hybridized carbons (Fsp3) is 0.786. The van der Waals surface area contributed by atoms with Crippen molar-refractivity contribution in [2.24, 2.45) is 5.73 Å². The van der Waals surface area contributed by atoms with Gasteiger partial charge in [-0.15, -0.1) is 12.4 Å². The Kier molecular flexibility index (Phi) is 6.30. The first-order chi connectivity index (χ1) is 8.58. The molecule has 5 heteroatoms. The summed E-state index contributed by atoms with van der Waals surface area (Å²) < 4.78 is 2.03. The predicted octanol–water partition coefficient (Wildman–Crippen LogP) is 2.59. The van der Waals surface area contributed by atoms with Crippen molar-refractivity contribution in [2.45, 2.75) is 64.7 Å². The van der Waals surface area contributed by atoms with Crippen LogP contribution in [0, 0.1) is 0 Å². The Morgan fingerprint density at radius 1 is 1.37 bits per heavy atom. The number of rotatable bonds is 4. The van der Waals surface area contributed by atoms with Crippen molar-refractivity contribution in [1.29, 1.82) is 0 Å². The van der Waals surface area contributed by atoms with Gasteiger partial charge >= 0.3 is 0 Å². The normalized spacial score (nSPS) is 22.3. The van der Waals surface area contributed by atoms with Crippen molar-refractivity contribution in [3.05, 3.63) is 18.0 Å². The second-order valence-electron chi connectivity index (χ2n) is 5.77. The molecule has 1 aliphatic heterocycles. The van der Waals surface area contributed by atoms with Crippen LogP contribution in [0.5, 0.6) is 0 Å². The first kappa shape index (κ1) is 16.5. The molecule has 2 rings (SSSR count). The van der Waals surface area contributed by atoms with Crippen molar-refractivity contribution < 1.29 is 0 Å². The minimum atomic E-state index is 0. The Hall–Kier alpha value is -0.580. The molecule has 0 saturated carbocycles. The third kappa shape index (κ3) is 4.20. The molecule has 1 aliphatic rings. The highest BCUT2D eigenvalue weighted by Gasteiger charge is 2.25. The van der Waals surface area contributed by atoms with Gasteiger partial charge in [-0.3, -0.25) is 9.58 Å². The molecule has 2 unspecified atom stereocenters. The van der Waals surface area contributed by atoms with Crippen LogP contribution in [0.25, 0.3) is 0 Å². The van der Waals surface area contributed by atoms with Crippen LogP contribution in [-0.2, 0) is 6.54 Å². The van der Waals surface area contributed by atoms with Crippen LogP contribution in [0.3, 0.4) is 0 Å². The Bertz CT molecular complexity index is 375. The van der Waals surface area contributed by atoms with E-state index in [-0.39, 0.29) is 18.4 Å². The Morgan fingerprint density at radius 2 is 2.11 bits per heavy atom. The number of nitrogens with zero attached hydrogens (tertiary/aromatic N) is 3. The number of hydrogen-bond acceptors (Lipinski definition) is 3. The number of piperidine rings is 1. The van der Waals surface area contributed by atoms with Gasteiger partial charge in [0.2, 0.25) is 0 Å². The highest BCUT2D eigenvalue weighted by Crippen LogP contribution is 2.21. The molecule has 1 aromatic heterocycles. The van der Waals surface area contributed by atoms with Gasteiger partial charge in [0.05, 0.1) is 5.69 Å². The summed E-state index contributed by atoms with van der Waals surface area (Å²) in [7, 11) is 0. The van der Waals surface area contributed by atoms with E-state index in [1.54, 1.807) is 0 Å². The van der Waals surface area contributed by atoms with E-state index in [0.717, 1.165) is 18.8 Å². The maximum absolute atomic E-state index is 6.10. The standard InChI is InChI=1S/C14H26N4.ClH/c1-11(2)18-9-7-13(16-18)10-17-8-5-4-6-14(17)12(3)15;/h7,9,11-12,14H,4-6,8,10,15H2,1-3H3;1H. The molecule has 0 spiro atoms. The zero-order valence-corrected chi connectivity index (χ0v) is 13.1. The Morgan fingerprint density at radius 3 is 2.68 bits per heavy atom. The zero-order valence-electron chi connectivity index (χ0n) is 12.2. The third-order valence-electron chi connectivity index (χ3n) is 3.83. The van der Waals surface area contributed by atoms with Crippen LogP contribution >= 0.6 is 12.4 Å². The lowest BCUT2D eigenvalue weighted by atomic mass is 9.97. The second kappa shape index (κ2) is 7.27. The molecule has 4 nitrogen and oxygen atoms in total. The van der Waals surface area contributed by atoms with Gasteiger partial charge in [-0.2, -0.15) is 5.10 Å². The van der Waals surface area contributed by atoms with Crippen LogP contribution < -0.4 is 5.73 Å². The molecule has 2 heterocycles. The van der Waals surface area contributed by atoms with Gasteiger partial charge in [-0.1, -0.05) is 6.42 Å². The summed E-state index contributed by atoms with van der Waals surface area (Å²) in [6.45, 7) is 8.52. The molecule has 0 radical (unpaired) electrons. The van der Waals surface area contributed by atoms with Crippen LogP contribution in [0.1, 0.15) is 51.8 Å². The second-order valence-corrected chi connectivity index (χ2v) is 5.77. The van der Waals surface area contributed by atoms with Gasteiger partial charge in [0.25, 0.3) is 0 Å². The molecular formula is C14H27ClN4. The summed E-state index contributed by atoms with van der Waals surface area (Å²) in [6.07, 6.45) is 5.89. The lowest BCUT2D eigenvalue weighted by molar-refractivity contribution is 0.121. The fourth-order valence-corrected chi connectivity index (χ4v) is 2.77. The monoisotopic (exact) mass is 286 g/mol. The number of likely N-dealkylation sites (tertiary alicyclic amines) is 1. The van der Waals surface area contributed by atoms with Gasteiger partial charge in [0.15, 0.2) is 0 Å². The van der Waals surface area contributed by atoms with Crippen LogP contribution in [0.4, 0.5) is 0 Å². The smallest absolute Gasteiger partial charge is 0.0765 e. The van der Waals surface area contributed by atoms with E-state index >= 15 is 0 Å². The van der Waals surface area contributed by atoms with Gasteiger partial charge in [0.1, 0.15) is 0 Å². The van der Waals surface area contributed by atoms with Crippen LogP contribution in [0.15, 0.2) is 12.3 Å². The number of hydrogen-bond donors (Lipinski definition) is 1. The van der Waals surface area contributed by atoms with Crippen molar-refractivity contribution in [1.82, 2.24) is 14.7 Å². The van der Waals surface area contributed by atoms with Gasteiger partial charge in [0, 0.05) is 30.9 Å². The SMILES string of the molecule is CC(N)C1CCCCN1Cc1ccn(C(C)C)n1.Cl. The lowest BCUT2D eigenvalue weighted by Gasteiger charge is -2.37. The number of aromatic nitrogens is 2. The summed E-state index contributed by atoms with van der Waals surface area (Å²) in [4.78, 5) is 2.50. The largest absolute Gasteiger partial charge is 0.327 e. The molecule has 110 valence electrons. The van der Waals surface area contributed by atoms with Crippen molar-refractivity contribution in [3.8, 4) is 0 Å². The average molecular weight is 287 g/mol. The Labute approximate surface area is 122 Å². The van der Waals surface area contributed by atoms with Crippen LogP contribution in [-0.4, -0.2) is 33.3 Å². The van der Waals surface area contributed by atoms with Gasteiger partial charge < -0.3 is 5.73 Å². The molecular weight excluding hydrogens is 260 g/mol. The van der Waals surface area contributed by atoms with E-state index in [4.69, 9.17) is 5.73 Å². The van der Waals surface area contributed by atoms with Gasteiger partial charge in [-0.05, 0) is 46.2 Å². The Balaban J connectivity index is 0.00000180. The summed E-state index contributed by atoms with van der Waals surface area (Å²) >= 11 is 0. The maximum Gasteiger partial charge on any atom is 0.0765 e. The van der Waals surface area contributed by atoms with E-state index in [2.05, 4.69) is 43.0 Å². The van der Waals surface area contributed by atoms with Crippen molar-refractivity contribution in [2.75, 3.05) is 6.54 Å². The predicted molar refractivity (Wildman–Crippen MR) is 81.6 cm³/mol. The van der Waals surface area contributed by atoms with E-state index < -0.39 is 0 Å². The molecule has 19 heavy (non-hydrogen) atoms. The third-order valence-corrected chi connectivity index (χ3v) is 3.83. The van der Waals surface area contributed by atoms with E-state index in [9.17, 15) is 0 Å². The highest BCUT2D eigenvalue weighted by molar-refractivity contribution is 5.85. The summed E-state index contributed by atoms with van der Waals surface area (Å²) in [5.41, 5.74) is 7.26. The maximum atomic E-state index is 6.10. The average Bonchev–Trinajstić information content (AvgIpc) is 2.78. The molecule has 0 aliphatic carbocycles. The minimum Gasteiger partial charge on any atom is -0.327 e. The molecule has 1 fully saturated rings. The minimum absolute atomic E-state index is 0. The summed E-state index contributed by atoms with van der Waals surface area (Å²) in [5.74, 6) is 0. The quantitative estimate of drug-likeness (QED) is 0.925. The van der Waals surface area contributed by atoms with E-state index in [0.29, 0.717) is 12.1 Å². The summed E-state index contributed by atoms with van der Waals surface area (Å²) in [5, 5.41) is 4.63. The molecule has 0 aromatic carbocycles. The molecule has 2 atom stereocenters. The first-order valence-corrected chi connectivity index (χ1v) is 7.11. The van der Waals surface area contributed by atoms with Crippen LogP contribution in [0.2, 0.25) is 0 Å².